The molecule has 0 fully saturated rings. The van der Waals surface area contributed by atoms with Gasteiger partial charge >= 0.3 is 11.9 Å². The maximum atomic E-state index is 10.0. The molecule has 3 N–H and O–H groups in total. The normalized spacial score (nSPS) is 12.3. The smallest absolute Gasteiger partial charge is 0.303 e. The van der Waals surface area contributed by atoms with Crippen LogP contribution in [0.1, 0.15) is 26.2 Å². The van der Waals surface area contributed by atoms with Gasteiger partial charge in [-0.25, -0.2) is 0 Å². The average molecular weight is 307 g/mol. The van der Waals surface area contributed by atoms with E-state index >= 15 is 0 Å². The molecule has 0 heterocycles. The maximum absolute atomic E-state index is 10.0. The van der Waals surface area contributed by atoms with Gasteiger partial charge in [-0.3, -0.25) is 9.59 Å². The molecule has 0 saturated heterocycles. The van der Waals surface area contributed by atoms with E-state index in [2.05, 4.69) is 0 Å². The number of likely N-dealkylation sites (N-methyl/N-ethyl adjacent to an activating group) is 1. The van der Waals surface area contributed by atoms with Crippen LogP contribution < -0.4 is 5.11 Å². The van der Waals surface area contributed by atoms with Crippen LogP contribution in [-0.2, 0) is 14.4 Å². The van der Waals surface area contributed by atoms with Crippen molar-refractivity contribution in [2.75, 3.05) is 27.7 Å². The summed E-state index contributed by atoms with van der Waals surface area (Å²) < 4.78 is 0.550. The lowest BCUT2D eigenvalue weighted by molar-refractivity contribution is -0.873. The molecule has 124 valence electrons. The third kappa shape index (κ3) is 20.8. The zero-order valence-electron chi connectivity index (χ0n) is 12.9. The predicted molar refractivity (Wildman–Crippen MR) is 72.2 cm³/mol. The first-order valence-electron chi connectivity index (χ1n) is 6.45. The molecule has 0 amide bonds. The monoisotopic (exact) mass is 307 g/mol. The highest BCUT2D eigenvalue weighted by Gasteiger charge is 2.14. The number of aliphatic carboxylic acids is 3. The predicted octanol–water partition coefficient (Wildman–Crippen LogP) is -1.23. The quantitative estimate of drug-likeness (QED) is 0.477. The van der Waals surface area contributed by atoms with Gasteiger partial charge in [-0.1, -0.05) is 6.92 Å². The van der Waals surface area contributed by atoms with Gasteiger partial charge in [-0.2, -0.15) is 0 Å². The van der Waals surface area contributed by atoms with Crippen molar-refractivity contribution >= 4 is 17.9 Å². The van der Waals surface area contributed by atoms with Crippen LogP contribution in [0.25, 0.3) is 0 Å². The molecule has 0 aliphatic heterocycles. The van der Waals surface area contributed by atoms with Gasteiger partial charge in [-0.05, 0) is 5.92 Å². The molecule has 1 unspecified atom stereocenters. The zero-order chi connectivity index (χ0) is 17.2. The molecule has 0 bridgehead atoms. The van der Waals surface area contributed by atoms with Gasteiger partial charge in [0, 0.05) is 25.2 Å². The van der Waals surface area contributed by atoms with Crippen molar-refractivity contribution in [3.05, 3.63) is 0 Å². The molecule has 0 radical (unpaired) electrons. The highest BCUT2D eigenvalue weighted by molar-refractivity contribution is 5.70. The van der Waals surface area contributed by atoms with Crippen molar-refractivity contribution < 1.29 is 39.3 Å². The van der Waals surface area contributed by atoms with Crippen molar-refractivity contribution in [3.63, 3.8) is 0 Å². The minimum Gasteiger partial charge on any atom is -0.550 e. The molecule has 0 aromatic heterocycles. The summed E-state index contributed by atoms with van der Waals surface area (Å²) in [4.78, 5) is 30.0. The number of hydrogen-bond acceptors (Lipinski definition) is 5. The van der Waals surface area contributed by atoms with Crippen LogP contribution in [0.3, 0.4) is 0 Å². The number of aliphatic hydroxyl groups excluding tert-OH is 1. The Morgan fingerprint density at radius 2 is 1.38 bits per heavy atom. The highest BCUT2D eigenvalue weighted by atomic mass is 16.4. The number of carbonyl (C=O) groups is 3. The number of carbonyl (C=O) groups excluding carboxylic acids is 1. The van der Waals surface area contributed by atoms with Gasteiger partial charge in [0.15, 0.2) is 0 Å². The van der Waals surface area contributed by atoms with E-state index in [-0.39, 0.29) is 25.2 Å². The first kappa shape index (κ1) is 21.6. The van der Waals surface area contributed by atoms with Crippen LogP contribution in [-0.4, -0.2) is 71.5 Å². The van der Waals surface area contributed by atoms with Crippen molar-refractivity contribution in [1.29, 1.82) is 0 Å². The topological polar surface area (TPSA) is 135 Å². The van der Waals surface area contributed by atoms with E-state index in [1.165, 1.54) is 0 Å². The van der Waals surface area contributed by atoms with Crippen LogP contribution in [0.5, 0.6) is 0 Å². The van der Waals surface area contributed by atoms with E-state index in [4.69, 9.17) is 15.3 Å². The van der Waals surface area contributed by atoms with Gasteiger partial charge in [0.2, 0.25) is 0 Å². The van der Waals surface area contributed by atoms with E-state index in [0.717, 1.165) is 0 Å². The summed E-state index contributed by atoms with van der Waals surface area (Å²) in [6.07, 6.45) is -1.24. The molecular formula is C13H25NO7. The Kier molecular flexibility index (Phi) is 10.4. The minimum absolute atomic E-state index is 0.0771. The van der Waals surface area contributed by atoms with Crippen LogP contribution in [0.15, 0.2) is 0 Å². The highest BCUT2D eigenvalue weighted by Crippen LogP contribution is 2.06. The van der Waals surface area contributed by atoms with Gasteiger partial charge < -0.3 is 29.7 Å². The lowest BCUT2D eigenvalue weighted by Gasteiger charge is -2.26. The van der Waals surface area contributed by atoms with E-state index in [1.807, 2.05) is 21.1 Å². The SMILES string of the molecule is CC(CC(=O)O)CC(=O)O.C[N+](C)(C)CC(O)CC(=O)[O-]. The molecule has 0 aromatic carbocycles. The fourth-order valence-corrected chi connectivity index (χ4v) is 1.56. The van der Waals surface area contributed by atoms with Crippen LogP contribution in [0.4, 0.5) is 0 Å². The Labute approximate surface area is 124 Å². The maximum Gasteiger partial charge on any atom is 0.303 e. The number of rotatable bonds is 8. The van der Waals surface area contributed by atoms with Gasteiger partial charge in [0.05, 0.1) is 21.1 Å². The fourth-order valence-electron chi connectivity index (χ4n) is 1.56. The zero-order valence-corrected chi connectivity index (χ0v) is 12.9. The summed E-state index contributed by atoms with van der Waals surface area (Å²) in [5, 5.41) is 35.5. The minimum atomic E-state index is -1.20. The molecule has 0 saturated carbocycles. The van der Waals surface area contributed by atoms with E-state index < -0.39 is 24.0 Å². The number of hydrogen-bond donors (Lipinski definition) is 3. The summed E-state index contributed by atoms with van der Waals surface area (Å²) >= 11 is 0. The second-order valence-corrected chi connectivity index (χ2v) is 6.00. The first-order valence-corrected chi connectivity index (χ1v) is 6.45. The number of aliphatic hydroxyl groups is 1. The van der Waals surface area contributed by atoms with E-state index in [0.29, 0.717) is 11.0 Å². The van der Waals surface area contributed by atoms with Gasteiger partial charge in [-0.15, -0.1) is 0 Å². The molecule has 0 rings (SSSR count). The molecule has 0 aliphatic rings. The summed E-state index contributed by atoms with van der Waals surface area (Å²) in [5.41, 5.74) is 0. The standard InChI is InChI=1S/C7H15NO3.C6H10O4/c1-8(2,3)5-6(9)4-7(10)11;1-4(2-5(7)8)3-6(9)10/h6,9H,4-5H2,1-3H3;4H,2-3H2,1H3,(H,7,8)(H,9,10). The summed E-state index contributed by atoms with van der Waals surface area (Å²) in [6, 6.07) is 0. The van der Waals surface area contributed by atoms with Crippen molar-refractivity contribution in [2.24, 2.45) is 5.92 Å². The van der Waals surface area contributed by atoms with Crippen LogP contribution >= 0.6 is 0 Å². The molecule has 0 spiro atoms. The fraction of sp³-hybridized carbons (Fsp3) is 0.769. The third-order valence-electron chi connectivity index (χ3n) is 2.21. The number of carboxylic acid groups (broad SMARTS) is 3. The second-order valence-electron chi connectivity index (χ2n) is 6.00. The van der Waals surface area contributed by atoms with Gasteiger partial charge in [0.25, 0.3) is 0 Å². The molecule has 8 nitrogen and oxygen atoms in total. The Bertz CT molecular complexity index is 333. The molecule has 8 heteroatoms. The lowest BCUT2D eigenvalue weighted by Crippen LogP contribution is -2.43. The number of nitrogens with zero attached hydrogens (tertiary/aromatic N) is 1. The van der Waals surface area contributed by atoms with E-state index in [9.17, 15) is 19.5 Å². The van der Waals surface area contributed by atoms with Crippen LogP contribution in [0, 0.1) is 5.92 Å². The van der Waals surface area contributed by atoms with E-state index in [1.54, 1.807) is 6.92 Å². The Morgan fingerprint density at radius 3 is 1.62 bits per heavy atom. The van der Waals surface area contributed by atoms with Crippen LogP contribution in [0.2, 0.25) is 0 Å². The Hall–Kier alpha value is -1.67. The third-order valence-corrected chi connectivity index (χ3v) is 2.21. The van der Waals surface area contributed by atoms with Crippen molar-refractivity contribution in [1.82, 2.24) is 0 Å². The molecule has 1 atom stereocenters. The average Bonchev–Trinajstić information content (AvgIpc) is 2.09. The summed E-state index contributed by atoms with van der Waals surface area (Å²) in [6.45, 7) is 2.02. The van der Waals surface area contributed by atoms with Crippen molar-refractivity contribution in [2.45, 2.75) is 32.3 Å². The second kappa shape index (κ2) is 10.1. The largest absolute Gasteiger partial charge is 0.550 e. The Balaban J connectivity index is 0. The lowest BCUT2D eigenvalue weighted by atomic mass is 10.1. The van der Waals surface area contributed by atoms with Crippen molar-refractivity contribution in [3.8, 4) is 0 Å². The molecule has 21 heavy (non-hydrogen) atoms. The molecule has 0 aromatic rings. The Morgan fingerprint density at radius 1 is 1.00 bits per heavy atom. The van der Waals surface area contributed by atoms with Gasteiger partial charge in [0.1, 0.15) is 12.6 Å². The summed E-state index contributed by atoms with van der Waals surface area (Å²) in [5.74, 6) is -3.39. The summed E-state index contributed by atoms with van der Waals surface area (Å²) in [7, 11) is 5.66. The first-order chi connectivity index (χ1) is 9.33. The number of quaternary nitrogens is 1. The number of carboxylic acids is 3. The molecular weight excluding hydrogens is 282 g/mol. The molecule has 0 aliphatic carbocycles.